The van der Waals surface area contributed by atoms with Gasteiger partial charge in [-0.25, -0.2) is 0 Å². The maximum atomic E-state index is 11.6. The number of likely N-dealkylation sites (tertiary alicyclic amines) is 1. The Kier molecular flexibility index (Phi) is 4.18. The summed E-state index contributed by atoms with van der Waals surface area (Å²) >= 11 is 3.43. The van der Waals surface area contributed by atoms with Gasteiger partial charge < -0.3 is 10.0 Å². The Labute approximate surface area is 110 Å². The lowest BCUT2D eigenvalue weighted by atomic mass is 10.1. The summed E-state index contributed by atoms with van der Waals surface area (Å²) in [6.07, 6.45) is 1.36. The fraction of sp³-hybridized carbons (Fsp3) is 0.462. The van der Waals surface area contributed by atoms with Crippen molar-refractivity contribution in [2.75, 3.05) is 19.7 Å². The summed E-state index contributed by atoms with van der Waals surface area (Å²) in [5, 5.41) is 9.04. The van der Waals surface area contributed by atoms with Gasteiger partial charge in [0.25, 0.3) is 0 Å². The highest BCUT2D eigenvalue weighted by atomic mass is 79.9. The van der Waals surface area contributed by atoms with Crippen molar-refractivity contribution in [3.8, 4) is 0 Å². The Morgan fingerprint density at radius 1 is 1.47 bits per heavy atom. The van der Waals surface area contributed by atoms with E-state index in [0.717, 1.165) is 17.4 Å². The summed E-state index contributed by atoms with van der Waals surface area (Å²) in [6, 6.07) is 8.13. The van der Waals surface area contributed by atoms with E-state index in [1.165, 1.54) is 5.56 Å². The van der Waals surface area contributed by atoms with E-state index in [1.54, 1.807) is 0 Å². The van der Waals surface area contributed by atoms with Gasteiger partial charge in [0.1, 0.15) is 0 Å². The molecule has 1 saturated heterocycles. The molecule has 1 N–H and O–H groups in total. The van der Waals surface area contributed by atoms with Gasteiger partial charge in [-0.1, -0.05) is 28.1 Å². The second-order valence-electron chi connectivity index (χ2n) is 4.47. The first-order valence-corrected chi connectivity index (χ1v) is 6.61. The highest BCUT2D eigenvalue weighted by Crippen LogP contribution is 2.18. The van der Waals surface area contributed by atoms with Gasteiger partial charge in [0.15, 0.2) is 0 Å². The molecule has 0 aromatic heterocycles. The summed E-state index contributed by atoms with van der Waals surface area (Å²) < 4.78 is 1.07. The number of halogens is 1. The van der Waals surface area contributed by atoms with Crippen LogP contribution in [0.15, 0.2) is 28.7 Å². The maximum absolute atomic E-state index is 11.6. The number of rotatable bonds is 4. The summed E-state index contributed by atoms with van der Waals surface area (Å²) in [5.74, 6) is 0.295. The van der Waals surface area contributed by atoms with E-state index in [2.05, 4.69) is 28.1 Å². The molecule has 0 bridgehead atoms. The number of amides is 1. The predicted molar refractivity (Wildman–Crippen MR) is 69.6 cm³/mol. The summed E-state index contributed by atoms with van der Waals surface area (Å²) in [6.45, 7) is 1.55. The minimum atomic E-state index is 0.110. The highest BCUT2D eigenvalue weighted by molar-refractivity contribution is 9.10. The van der Waals surface area contributed by atoms with E-state index in [9.17, 15) is 4.79 Å². The zero-order valence-electron chi connectivity index (χ0n) is 9.60. The molecule has 3 nitrogen and oxygen atoms in total. The van der Waals surface area contributed by atoms with Crippen LogP contribution in [0.5, 0.6) is 0 Å². The van der Waals surface area contributed by atoms with Crippen molar-refractivity contribution in [1.82, 2.24) is 4.90 Å². The van der Waals surface area contributed by atoms with Gasteiger partial charge in [0.2, 0.25) is 5.91 Å². The summed E-state index contributed by atoms with van der Waals surface area (Å²) in [4.78, 5) is 13.5. The number of carbonyl (C=O) groups excluding carboxylic acids is 1. The molecule has 1 aliphatic heterocycles. The highest BCUT2D eigenvalue weighted by Gasteiger charge is 2.28. The lowest BCUT2D eigenvalue weighted by Crippen LogP contribution is -2.27. The number of nitrogens with zero attached hydrogens (tertiary/aromatic N) is 1. The Bertz CT molecular complexity index is 408. The van der Waals surface area contributed by atoms with Crippen LogP contribution in [0.1, 0.15) is 12.0 Å². The molecule has 0 saturated carbocycles. The topological polar surface area (TPSA) is 40.5 Å². The molecule has 92 valence electrons. The van der Waals surface area contributed by atoms with Gasteiger partial charge in [-0.15, -0.1) is 0 Å². The van der Waals surface area contributed by atoms with Crippen molar-refractivity contribution in [2.45, 2.75) is 12.8 Å². The third kappa shape index (κ3) is 3.30. The summed E-state index contributed by atoms with van der Waals surface area (Å²) in [5.41, 5.74) is 1.22. The molecule has 1 amide bonds. The molecule has 2 rings (SSSR count). The van der Waals surface area contributed by atoms with Crippen molar-refractivity contribution in [3.63, 3.8) is 0 Å². The monoisotopic (exact) mass is 297 g/mol. The minimum absolute atomic E-state index is 0.110. The molecule has 1 aliphatic rings. The van der Waals surface area contributed by atoms with Gasteiger partial charge >= 0.3 is 0 Å². The number of hydrogen-bond donors (Lipinski definition) is 1. The molecule has 17 heavy (non-hydrogen) atoms. The first-order chi connectivity index (χ1) is 8.19. The zero-order chi connectivity index (χ0) is 12.3. The van der Waals surface area contributed by atoms with Crippen LogP contribution in [0, 0.1) is 5.92 Å². The predicted octanol–water partition coefficient (Wildman–Crippen LogP) is 1.83. The maximum Gasteiger partial charge on any atom is 0.223 e. The van der Waals surface area contributed by atoms with Gasteiger partial charge in [0.05, 0.1) is 0 Å². The number of aliphatic hydroxyl groups is 1. The Hall–Kier alpha value is -0.870. The molecule has 0 spiro atoms. The first-order valence-electron chi connectivity index (χ1n) is 5.82. The van der Waals surface area contributed by atoms with E-state index in [4.69, 9.17) is 5.11 Å². The van der Waals surface area contributed by atoms with Crippen LogP contribution in [0.25, 0.3) is 0 Å². The molecule has 4 heteroatoms. The summed E-state index contributed by atoms with van der Waals surface area (Å²) in [7, 11) is 0. The molecule has 1 aromatic carbocycles. The molecular formula is C13H16BrNO2. The SMILES string of the molecule is O=C1CC(CO)CN1CCc1cccc(Br)c1. The van der Waals surface area contributed by atoms with Gasteiger partial charge in [-0.05, 0) is 24.1 Å². The van der Waals surface area contributed by atoms with E-state index in [1.807, 2.05) is 17.0 Å². The zero-order valence-corrected chi connectivity index (χ0v) is 11.2. The van der Waals surface area contributed by atoms with Crippen LogP contribution >= 0.6 is 15.9 Å². The molecule has 1 unspecified atom stereocenters. The van der Waals surface area contributed by atoms with E-state index < -0.39 is 0 Å². The van der Waals surface area contributed by atoms with Crippen LogP contribution in [0.4, 0.5) is 0 Å². The quantitative estimate of drug-likeness (QED) is 0.921. The van der Waals surface area contributed by atoms with Crippen molar-refractivity contribution in [1.29, 1.82) is 0 Å². The largest absolute Gasteiger partial charge is 0.396 e. The number of benzene rings is 1. The van der Waals surface area contributed by atoms with Crippen molar-refractivity contribution in [2.24, 2.45) is 5.92 Å². The Balaban J connectivity index is 1.88. The Morgan fingerprint density at radius 2 is 2.29 bits per heavy atom. The van der Waals surface area contributed by atoms with Crippen molar-refractivity contribution >= 4 is 21.8 Å². The second kappa shape index (κ2) is 5.65. The van der Waals surface area contributed by atoms with Crippen molar-refractivity contribution < 1.29 is 9.90 Å². The normalized spacial score (nSPS) is 20.0. The van der Waals surface area contributed by atoms with Crippen molar-refractivity contribution in [3.05, 3.63) is 34.3 Å². The molecular weight excluding hydrogens is 282 g/mol. The van der Waals surface area contributed by atoms with Gasteiger partial charge in [0, 0.05) is 36.5 Å². The lowest BCUT2D eigenvalue weighted by Gasteiger charge is -2.16. The number of aliphatic hydroxyl groups excluding tert-OH is 1. The van der Waals surface area contributed by atoms with Crippen LogP contribution in [-0.4, -0.2) is 35.6 Å². The number of carbonyl (C=O) groups is 1. The van der Waals surface area contributed by atoms with Gasteiger partial charge in [-0.2, -0.15) is 0 Å². The molecule has 1 fully saturated rings. The molecule has 0 radical (unpaired) electrons. The standard InChI is InChI=1S/C13H16BrNO2/c14-12-3-1-2-10(6-12)4-5-15-8-11(9-16)7-13(15)17/h1-3,6,11,16H,4-5,7-9H2. The molecule has 1 atom stereocenters. The molecule has 1 heterocycles. The molecule has 1 aromatic rings. The first kappa shape index (κ1) is 12.6. The second-order valence-corrected chi connectivity index (χ2v) is 5.39. The number of hydrogen-bond acceptors (Lipinski definition) is 2. The third-order valence-electron chi connectivity index (χ3n) is 3.11. The van der Waals surface area contributed by atoms with Gasteiger partial charge in [-0.3, -0.25) is 4.79 Å². The smallest absolute Gasteiger partial charge is 0.223 e. The van der Waals surface area contributed by atoms with E-state index in [0.29, 0.717) is 13.0 Å². The van der Waals surface area contributed by atoms with Crippen LogP contribution in [0.3, 0.4) is 0 Å². The lowest BCUT2D eigenvalue weighted by molar-refractivity contribution is -0.127. The average molecular weight is 298 g/mol. The van der Waals surface area contributed by atoms with Crippen LogP contribution in [-0.2, 0) is 11.2 Å². The van der Waals surface area contributed by atoms with Crippen LogP contribution < -0.4 is 0 Å². The Morgan fingerprint density at radius 3 is 2.94 bits per heavy atom. The van der Waals surface area contributed by atoms with E-state index in [-0.39, 0.29) is 18.4 Å². The molecule has 0 aliphatic carbocycles. The fourth-order valence-corrected chi connectivity index (χ4v) is 2.60. The van der Waals surface area contributed by atoms with Crippen LogP contribution in [0.2, 0.25) is 0 Å². The third-order valence-corrected chi connectivity index (χ3v) is 3.61. The van der Waals surface area contributed by atoms with E-state index >= 15 is 0 Å². The average Bonchev–Trinajstić information content (AvgIpc) is 2.68. The minimum Gasteiger partial charge on any atom is -0.396 e. The fourth-order valence-electron chi connectivity index (χ4n) is 2.15.